The Morgan fingerprint density at radius 2 is 1.74 bits per heavy atom. The first-order valence-electron chi connectivity index (χ1n) is 9.51. The van der Waals surface area contributed by atoms with Crippen LogP contribution in [0.4, 0.5) is 5.82 Å². The molecule has 0 bridgehead atoms. The number of fused-ring (bicyclic) bond motifs is 1. The Labute approximate surface area is 164 Å². The van der Waals surface area contributed by atoms with E-state index in [0.717, 1.165) is 61.6 Å². The standard InChI is InChI=1S/C21H26N4OS/c1-15-16(2)27-21-19(15)20(22-17(3)23-21)25-11-9-24(10-12-25)13-14-26-18-7-5-4-6-8-18/h4-8H,9-14H2,1-3H3. The predicted octanol–water partition coefficient (Wildman–Crippen LogP) is 3.82. The maximum Gasteiger partial charge on any atom is 0.141 e. The first kappa shape index (κ1) is 18.2. The molecule has 142 valence electrons. The molecule has 5 nitrogen and oxygen atoms in total. The fourth-order valence-corrected chi connectivity index (χ4v) is 4.62. The van der Waals surface area contributed by atoms with Gasteiger partial charge >= 0.3 is 0 Å². The summed E-state index contributed by atoms with van der Waals surface area (Å²) in [5.74, 6) is 2.91. The minimum absolute atomic E-state index is 0.726. The van der Waals surface area contributed by atoms with Crippen LogP contribution in [0.2, 0.25) is 0 Å². The molecule has 6 heteroatoms. The maximum absolute atomic E-state index is 5.84. The van der Waals surface area contributed by atoms with Crippen molar-refractivity contribution in [2.45, 2.75) is 20.8 Å². The molecule has 0 spiro atoms. The number of hydrogen-bond donors (Lipinski definition) is 0. The van der Waals surface area contributed by atoms with Crippen LogP contribution >= 0.6 is 11.3 Å². The normalized spacial score (nSPS) is 15.4. The van der Waals surface area contributed by atoms with Gasteiger partial charge in [0.2, 0.25) is 0 Å². The molecule has 3 aromatic rings. The third-order valence-electron chi connectivity index (χ3n) is 5.21. The number of aryl methyl sites for hydroxylation is 3. The molecule has 27 heavy (non-hydrogen) atoms. The molecule has 2 aromatic heterocycles. The van der Waals surface area contributed by atoms with Crippen molar-refractivity contribution in [1.29, 1.82) is 0 Å². The van der Waals surface area contributed by atoms with Gasteiger partial charge in [-0.1, -0.05) is 18.2 Å². The zero-order valence-corrected chi connectivity index (χ0v) is 17.1. The van der Waals surface area contributed by atoms with Crippen molar-refractivity contribution in [3.8, 4) is 5.75 Å². The van der Waals surface area contributed by atoms with E-state index in [1.807, 2.05) is 37.3 Å². The molecule has 0 atom stereocenters. The monoisotopic (exact) mass is 382 g/mol. The lowest BCUT2D eigenvalue weighted by Crippen LogP contribution is -2.47. The van der Waals surface area contributed by atoms with Gasteiger partial charge in [-0.25, -0.2) is 9.97 Å². The third-order valence-corrected chi connectivity index (χ3v) is 6.31. The van der Waals surface area contributed by atoms with Gasteiger partial charge < -0.3 is 9.64 Å². The van der Waals surface area contributed by atoms with E-state index in [1.165, 1.54) is 15.8 Å². The number of thiophene rings is 1. The molecule has 1 fully saturated rings. The van der Waals surface area contributed by atoms with E-state index in [1.54, 1.807) is 11.3 Å². The average Bonchev–Trinajstić information content (AvgIpc) is 2.96. The van der Waals surface area contributed by atoms with Crippen LogP contribution in [0.15, 0.2) is 30.3 Å². The molecule has 1 aliphatic rings. The fraction of sp³-hybridized carbons (Fsp3) is 0.429. The lowest BCUT2D eigenvalue weighted by molar-refractivity contribution is 0.200. The van der Waals surface area contributed by atoms with Gasteiger partial charge in [0.1, 0.15) is 28.8 Å². The number of rotatable bonds is 5. The van der Waals surface area contributed by atoms with Crippen LogP contribution in [-0.4, -0.2) is 54.2 Å². The summed E-state index contributed by atoms with van der Waals surface area (Å²) in [5, 5.41) is 1.24. The Kier molecular flexibility index (Phi) is 5.27. The lowest BCUT2D eigenvalue weighted by atomic mass is 10.2. The SMILES string of the molecule is Cc1nc(N2CCN(CCOc3ccccc3)CC2)c2c(C)c(C)sc2n1. The summed E-state index contributed by atoms with van der Waals surface area (Å²) in [6.45, 7) is 12.1. The van der Waals surface area contributed by atoms with Crippen molar-refractivity contribution >= 4 is 27.4 Å². The predicted molar refractivity (Wildman–Crippen MR) is 112 cm³/mol. The Morgan fingerprint density at radius 3 is 2.48 bits per heavy atom. The van der Waals surface area contributed by atoms with Crippen molar-refractivity contribution in [2.75, 3.05) is 44.2 Å². The van der Waals surface area contributed by atoms with E-state index in [-0.39, 0.29) is 0 Å². The molecular weight excluding hydrogens is 356 g/mol. The topological polar surface area (TPSA) is 41.5 Å². The second kappa shape index (κ2) is 7.82. The van der Waals surface area contributed by atoms with Gasteiger partial charge in [0.25, 0.3) is 0 Å². The van der Waals surface area contributed by atoms with E-state index in [4.69, 9.17) is 9.72 Å². The number of nitrogens with zero attached hydrogens (tertiary/aromatic N) is 4. The maximum atomic E-state index is 5.84. The van der Waals surface area contributed by atoms with E-state index >= 15 is 0 Å². The highest BCUT2D eigenvalue weighted by molar-refractivity contribution is 7.18. The molecule has 0 amide bonds. The summed E-state index contributed by atoms with van der Waals surface area (Å²) in [6, 6.07) is 10.0. The van der Waals surface area contributed by atoms with Crippen molar-refractivity contribution in [2.24, 2.45) is 0 Å². The molecular formula is C21H26N4OS. The van der Waals surface area contributed by atoms with Gasteiger partial charge in [0, 0.05) is 37.6 Å². The second-order valence-corrected chi connectivity index (χ2v) is 8.25. The van der Waals surface area contributed by atoms with Crippen molar-refractivity contribution < 1.29 is 4.74 Å². The fourth-order valence-electron chi connectivity index (χ4n) is 3.55. The van der Waals surface area contributed by atoms with Crippen molar-refractivity contribution in [3.63, 3.8) is 0 Å². The highest BCUT2D eigenvalue weighted by Gasteiger charge is 2.22. The van der Waals surface area contributed by atoms with Gasteiger partial charge in [-0.2, -0.15) is 0 Å². The largest absolute Gasteiger partial charge is 0.492 e. The van der Waals surface area contributed by atoms with Crippen LogP contribution in [0.3, 0.4) is 0 Å². The average molecular weight is 383 g/mol. The molecule has 4 rings (SSSR count). The lowest BCUT2D eigenvalue weighted by Gasteiger charge is -2.35. The van der Waals surface area contributed by atoms with Crippen molar-refractivity contribution in [3.05, 3.63) is 46.6 Å². The Morgan fingerprint density at radius 1 is 1.00 bits per heavy atom. The second-order valence-electron chi connectivity index (χ2n) is 7.05. The van der Waals surface area contributed by atoms with Gasteiger partial charge in [0.05, 0.1) is 5.39 Å². The van der Waals surface area contributed by atoms with E-state index in [2.05, 4.69) is 28.6 Å². The summed E-state index contributed by atoms with van der Waals surface area (Å²) in [7, 11) is 0. The highest BCUT2D eigenvalue weighted by atomic mass is 32.1. The molecule has 1 saturated heterocycles. The summed E-state index contributed by atoms with van der Waals surface area (Å²) < 4.78 is 5.84. The molecule has 3 heterocycles. The highest BCUT2D eigenvalue weighted by Crippen LogP contribution is 2.35. The summed E-state index contributed by atoms with van der Waals surface area (Å²) in [6.07, 6.45) is 0. The van der Waals surface area contributed by atoms with Gasteiger partial charge in [-0.15, -0.1) is 11.3 Å². The zero-order chi connectivity index (χ0) is 18.8. The van der Waals surface area contributed by atoms with Crippen LogP contribution in [0.1, 0.15) is 16.3 Å². The number of piperazine rings is 1. The number of para-hydroxylation sites is 1. The Bertz CT molecular complexity index is 917. The molecule has 0 radical (unpaired) electrons. The minimum Gasteiger partial charge on any atom is -0.492 e. The van der Waals surface area contributed by atoms with E-state index < -0.39 is 0 Å². The molecule has 0 N–H and O–H groups in total. The van der Waals surface area contributed by atoms with Crippen LogP contribution in [0.5, 0.6) is 5.75 Å². The zero-order valence-electron chi connectivity index (χ0n) is 16.2. The van der Waals surface area contributed by atoms with Crippen molar-refractivity contribution in [1.82, 2.24) is 14.9 Å². The Balaban J connectivity index is 1.39. The molecule has 0 saturated carbocycles. The van der Waals surface area contributed by atoms with Crippen LogP contribution in [-0.2, 0) is 0 Å². The first-order valence-corrected chi connectivity index (χ1v) is 10.3. The number of anilines is 1. The molecule has 1 aliphatic heterocycles. The van der Waals surface area contributed by atoms with E-state index in [9.17, 15) is 0 Å². The van der Waals surface area contributed by atoms with E-state index in [0.29, 0.717) is 0 Å². The van der Waals surface area contributed by atoms with Crippen LogP contribution in [0.25, 0.3) is 10.2 Å². The number of benzene rings is 1. The number of hydrogen-bond acceptors (Lipinski definition) is 6. The summed E-state index contributed by atoms with van der Waals surface area (Å²) >= 11 is 1.78. The molecule has 1 aromatic carbocycles. The van der Waals surface area contributed by atoms with Gasteiger partial charge in [0.15, 0.2) is 0 Å². The van der Waals surface area contributed by atoms with Crippen LogP contribution < -0.4 is 9.64 Å². The number of aromatic nitrogens is 2. The third kappa shape index (κ3) is 3.92. The first-order chi connectivity index (χ1) is 13.1. The quantitative estimate of drug-likeness (QED) is 0.671. The van der Waals surface area contributed by atoms with Gasteiger partial charge in [-0.3, -0.25) is 4.90 Å². The summed E-state index contributed by atoms with van der Waals surface area (Å²) in [5.41, 5.74) is 1.32. The smallest absolute Gasteiger partial charge is 0.141 e. The molecule has 0 unspecified atom stereocenters. The Hall–Kier alpha value is -2.18. The molecule has 0 aliphatic carbocycles. The summed E-state index contributed by atoms with van der Waals surface area (Å²) in [4.78, 5) is 16.8. The van der Waals surface area contributed by atoms with Crippen LogP contribution in [0, 0.1) is 20.8 Å². The minimum atomic E-state index is 0.726. The number of ether oxygens (including phenoxy) is 1. The van der Waals surface area contributed by atoms with Gasteiger partial charge in [-0.05, 0) is 38.5 Å².